The highest BCUT2D eigenvalue weighted by Gasteiger charge is 2.39. The fraction of sp³-hybridized carbons (Fsp3) is 0.0645. The van der Waals surface area contributed by atoms with E-state index in [1.54, 1.807) is 60.7 Å². The number of carbonyl (C=O) groups excluding carboxylic acids is 3. The molecule has 6 rings (SSSR count). The number of aliphatic imine (C=N–C) groups is 1. The van der Waals surface area contributed by atoms with Gasteiger partial charge in [0.1, 0.15) is 14.9 Å². The molecule has 2 aliphatic rings. The van der Waals surface area contributed by atoms with Crippen molar-refractivity contribution < 1.29 is 14.4 Å². The van der Waals surface area contributed by atoms with Crippen molar-refractivity contribution in [2.75, 3.05) is 16.8 Å². The summed E-state index contributed by atoms with van der Waals surface area (Å²) in [4.78, 5) is 60.6. The number of carbonyl (C=O) groups is 3. The van der Waals surface area contributed by atoms with Crippen LogP contribution in [0.2, 0.25) is 0 Å². The standard InChI is InChI=1S/C31H21N3O4S5/c1-2-34-21(27(41-30-22(34)28(37)42-43-30)33-31(38)32-20-16-10-5-11-17-20)29-39-25(23(35)18-12-6-3-7-13-18)26(40-29)24(36)19-14-8-4-9-15-19/h3-17H,2H2,1H3,(H,32,38)/b33-27+. The van der Waals surface area contributed by atoms with E-state index >= 15 is 0 Å². The monoisotopic (exact) mass is 659 g/mol. The van der Waals surface area contributed by atoms with Crippen LogP contribution in [-0.2, 0) is 0 Å². The first-order valence-electron chi connectivity index (χ1n) is 13.0. The molecule has 2 aliphatic heterocycles. The van der Waals surface area contributed by atoms with Gasteiger partial charge in [-0.2, -0.15) is 4.99 Å². The molecule has 43 heavy (non-hydrogen) atoms. The third kappa shape index (κ3) is 6.06. The normalized spacial score (nSPS) is 15.6. The van der Waals surface area contributed by atoms with Crippen LogP contribution < -0.4 is 15.0 Å². The number of fused-ring (bicyclic) bond motifs is 1. The number of benzene rings is 3. The number of allylic oxidation sites excluding steroid dienone is 2. The number of ketones is 2. The van der Waals surface area contributed by atoms with Crippen LogP contribution in [0.15, 0.2) is 125 Å². The molecule has 214 valence electrons. The number of amides is 2. The van der Waals surface area contributed by atoms with E-state index in [-0.39, 0.29) is 16.3 Å². The minimum atomic E-state index is -0.573. The first kappa shape index (κ1) is 29.4. The number of nitrogens with zero attached hydrogens (tertiary/aromatic N) is 2. The van der Waals surface area contributed by atoms with Crippen LogP contribution in [0.5, 0.6) is 0 Å². The molecule has 1 N–H and O–H groups in total. The fourth-order valence-corrected chi connectivity index (χ4v) is 10.9. The third-order valence-electron chi connectivity index (χ3n) is 6.33. The van der Waals surface area contributed by atoms with Gasteiger partial charge in [-0.05, 0) is 29.4 Å². The van der Waals surface area contributed by atoms with Gasteiger partial charge in [0.05, 0.1) is 19.7 Å². The lowest BCUT2D eigenvalue weighted by Crippen LogP contribution is -2.33. The SMILES string of the molecule is CCN1C(=C2SC(C(=O)c3ccccc3)=C(C(=O)c3ccccc3)S2)/C(=N\C(=O)Nc2ccccc2)Sc2ssc(=O)c21. The summed E-state index contributed by atoms with van der Waals surface area (Å²) in [6, 6.07) is 26.1. The summed E-state index contributed by atoms with van der Waals surface area (Å²) >= 11 is 3.60. The van der Waals surface area contributed by atoms with Crippen molar-refractivity contribution in [3.8, 4) is 0 Å². The molecule has 1 aromatic heterocycles. The van der Waals surface area contributed by atoms with Crippen molar-refractivity contribution in [3.63, 3.8) is 0 Å². The molecule has 0 fully saturated rings. The molecule has 0 atom stereocenters. The highest BCUT2D eigenvalue weighted by Crippen LogP contribution is 2.56. The maximum absolute atomic E-state index is 13.8. The Labute approximate surface area is 267 Å². The van der Waals surface area contributed by atoms with Crippen LogP contribution in [0.25, 0.3) is 0 Å². The summed E-state index contributed by atoms with van der Waals surface area (Å²) in [5.74, 6) is -0.550. The minimum absolute atomic E-state index is 0.0950. The van der Waals surface area contributed by atoms with E-state index in [4.69, 9.17) is 0 Å². The van der Waals surface area contributed by atoms with Crippen LogP contribution >= 0.6 is 56.0 Å². The smallest absolute Gasteiger partial charge is 0.333 e. The van der Waals surface area contributed by atoms with Crippen LogP contribution in [0.4, 0.5) is 16.2 Å². The molecule has 4 aromatic rings. The van der Waals surface area contributed by atoms with Crippen LogP contribution in [-0.4, -0.2) is 29.2 Å². The number of anilines is 2. The Morgan fingerprint density at radius 2 is 1.28 bits per heavy atom. The number of Topliss-reactive ketones (excluding diaryl/α,β-unsaturated/α-hetero) is 2. The van der Waals surface area contributed by atoms with Crippen LogP contribution in [0, 0.1) is 0 Å². The zero-order valence-corrected chi connectivity index (χ0v) is 26.5. The molecule has 2 amide bonds. The molecule has 7 nitrogen and oxygen atoms in total. The highest BCUT2D eigenvalue weighted by atomic mass is 32.9. The Kier molecular flexibility index (Phi) is 8.82. The quantitative estimate of drug-likeness (QED) is 0.163. The zero-order chi connectivity index (χ0) is 29.9. The number of rotatable bonds is 6. The molecule has 0 bridgehead atoms. The molecule has 0 saturated carbocycles. The van der Waals surface area contributed by atoms with Gasteiger partial charge in [0, 0.05) is 23.4 Å². The molecule has 0 spiro atoms. The average molecular weight is 660 g/mol. The largest absolute Gasteiger partial charge is 0.346 e. The number of thioether (sulfide) groups is 3. The van der Waals surface area contributed by atoms with Crippen molar-refractivity contribution >= 4 is 90.0 Å². The van der Waals surface area contributed by atoms with E-state index in [2.05, 4.69) is 10.3 Å². The van der Waals surface area contributed by atoms with Crippen molar-refractivity contribution in [1.29, 1.82) is 0 Å². The van der Waals surface area contributed by atoms with Crippen molar-refractivity contribution in [1.82, 2.24) is 0 Å². The number of hydrogen-bond acceptors (Lipinski definition) is 10. The van der Waals surface area contributed by atoms with Gasteiger partial charge in [0.25, 0.3) is 4.74 Å². The van der Waals surface area contributed by atoms with Gasteiger partial charge < -0.3 is 10.2 Å². The van der Waals surface area contributed by atoms with Crippen LogP contribution in [0.3, 0.4) is 0 Å². The Bertz CT molecular complexity index is 1810. The molecule has 3 heterocycles. The van der Waals surface area contributed by atoms with Gasteiger partial charge in [0.15, 0.2) is 0 Å². The molecular formula is C31H21N3O4S5. The zero-order valence-electron chi connectivity index (χ0n) is 22.4. The number of nitrogens with one attached hydrogen (secondary N) is 1. The highest BCUT2D eigenvalue weighted by molar-refractivity contribution is 8.29. The van der Waals surface area contributed by atoms with Gasteiger partial charge in [-0.25, -0.2) is 4.79 Å². The number of para-hydroxylation sites is 1. The second-order valence-electron chi connectivity index (χ2n) is 9.04. The molecule has 0 aliphatic carbocycles. The van der Waals surface area contributed by atoms with Gasteiger partial charge in [-0.15, -0.1) is 0 Å². The summed E-state index contributed by atoms with van der Waals surface area (Å²) in [5, 5.41) is 3.17. The van der Waals surface area contributed by atoms with Gasteiger partial charge in [-0.3, -0.25) is 14.4 Å². The van der Waals surface area contributed by atoms with Crippen molar-refractivity contribution in [2.24, 2.45) is 4.99 Å². The number of hydrogen-bond donors (Lipinski definition) is 1. The molecule has 0 saturated heterocycles. The van der Waals surface area contributed by atoms with E-state index in [1.165, 1.54) is 45.6 Å². The molecule has 12 heteroatoms. The first-order valence-corrected chi connectivity index (χ1v) is 17.6. The van der Waals surface area contributed by atoms with E-state index < -0.39 is 6.03 Å². The first-order chi connectivity index (χ1) is 20.9. The Morgan fingerprint density at radius 1 is 0.744 bits per heavy atom. The topological polar surface area (TPSA) is 95.9 Å². The molecule has 3 aromatic carbocycles. The molecular weight excluding hydrogens is 639 g/mol. The van der Waals surface area contributed by atoms with Crippen molar-refractivity contribution in [3.05, 3.63) is 131 Å². The molecule has 0 unspecified atom stereocenters. The third-order valence-corrected chi connectivity index (χ3v) is 12.6. The summed E-state index contributed by atoms with van der Waals surface area (Å²) < 4.78 is 1.25. The van der Waals surface area contributed by atoms with E-state index in [0.29, 0.717) is 53.8 Å². The van der Waals surface area contributed by atoms with Gasteiger partial charge in [-0.1, -0.05) is 124 Å². The summed E-state index contributed by atoms with van der Waals surface area (Å²) in [6.07, 6.45) is 0. The van der Waals surface area contributed by atoms with E-state index in [0.717, 1.165) is 14.5 Å². The van der Waals surface area contributed by atoms with E-state index in [9.17, 15) is 19.2 Å². The number of urea groups is 1. The second-order valence-corrected chi connectivity index (χ2v) is 14.7. The second kappa shape index (κ2) is 12.9. The fourth-order valence-electron chi connectivity index (χ4n) is 4.38. The lowest BCUT2D eigenvalue weighted by atomic mass is 10.1. The maximum atomic E-state index is 13.8. The Morgan fingerprint density at radius 3 is 1.81 bits per heavy atom. The predicted molar refractivity (Wildman–Crippen MR) is 181 cm³/mol. The Hall–Kier alpha value is -3.68. The maximum Gasteiger partial charge on any atom is 0.346 e. The lowest BCUT2D eigenvalue weighted by Gasteiger charge is -2.31. The van der Waals surface area contributed by atoms with Gasteiger partial charge >= 0.3 is 6.03 Å². The predicted octanol–water partition coefficient (Wildman–Crippen LogP) is 8.36. The van der Waals surface area contributed by atoms with Gasteiger partial charge in [0.2, 0.25) is 11.6 Å². The van der Waals surface area contributed by atoms with Crippen molar-refractivity contribution in [2.45, 2.75) is 11.1 Å². The summed E-state index contributed by atoms with van der Waals surface area (Å²) in [7, 11) is 2.47. The summed E-state index contributed by atoms with van der Waals surface area (Å²) in [6.45, 7) is 2.32. The van der Waals surface area contributed by atoms with Crippen LogP contribution in [0.1, 0.15) is 27.6 Å². The Balaban J connectivity index is 1.48. The lowest BCUT2D eigenvalue weighted by molar-refractivity contribution is 0.101. The molecule has 0 radical (unpaired) electrons. The average Bonchev–Trinajstić information content (AvgIpc) is 3.64. The summed E-state index contributed by atoms with van der Waals surface area (Å²) in [5.41, 5.74) is 2.56. The minimum Gasteiger partial charge on any atom is -0.333 e. The van der Waals surface area contributed by atoms with E-state index in [1.807, 2.05) is 42.2 Å².